The number of ether oxygens (including phenoxy) is 1. The number of hydrogen-bond acceptors (Lipinski definition) is 3. The Labute approximate surface area is 99.1 Å². The quantitative estimate of drug-likeness (QED) is 0.676. The zero-order chi connectivity index (χ0) is 12.0. The maximum Gasteiger partial charge on any atom is 0.307 e. The van der Waals surface area contributed by atoms with Crippen LogP contribution < -0.4 is 0 Å². The molecule has 0 spiro atoms. The smallest absolute Gasteiger partial charge is 0.307 e. The van der Waals surface area contributed by atoms with E-state index in [4.69, 9.17) is 4.74 Å². The molecule has 3 heteroatoms. The first-order valence-electron chi connectivity index (χ1n) is 6.52. The maximum atomic E-state index is 11.4. The molecule has 3 nitrogen and oxygen atoms in total. The third-order valence-electron chi connectivity index (χ3n) is 3.61. The van der Waals surface area contributed by atoms with Gasteiger partial charge in [-0.05, 0) is 33.7 Å². The molecular formula is C13H25NO2. The Morgan fingerprint density at radius 2 is 2.00 bits per heavy atom. The van der Waals surface area contributed by atoms with E-state index in [2.05, 4.69) is 18.9 Å². The molecule has 1 aliphatic carbocycles. The molecule has 0 heterocycles. The van der Waals surface area contributed by atoms with E-state index in [1.54, 1.807) is 0 Å². The summed E-state index contributed by atoms with van der Waals surface area (Å²) in [4.78, 5) is 13.7. The Morgan fingerprint density at radius 1 is 1.38 bits per heavy atom. The monoisotopic (exact) mass is 227 g/mol. The van der Waals surface area contributed by atoms with Crippen LogP contribution in [0.4, 0.5) is 0 Å². The summed E-state index contributed by atoms with van der Waals surface area (Å²) in [6.07, 6.45) is 7.12. The first kappa shape index (κ1) is 13.5. The molecule has 1 rings (SSSR count). The van der Waals surface area contributed by atoms with Gasteiger partial charge in [0.05, 0.1) is 13.0 Å². The lowest BCUT2D eigenvalue weighted by Gasteiger charge is -2.35. The summed E-state index contributed by atoms with van der Waals surface area (Å²) < 4.78 is 4.98. The van der Waals surface area contributed by atoms with Gasteiger partial charge in [0.25, 0.3) is 0 Å². The molecular weight excluding hydrogens is 202 g/mol. The van der Waals surface area contributed by atoms with Crippen LogP contribution in [-0.4, -0.2) is 36.6 Å². The van der Waals surface area contributed by atoms with Gasteiger partial charge in [-0.3, -0.25) is 4.79 Å². The zero-order valence-corrected chi connectivity index (χ0v) is 10.9. The van der Waals surface area contributed by atoms with Gasteiger partial charge in [0.1, 0.15) is 0 Å². The lowest BCUT2D eigenvalue weighted by Crippen LogP contribution is -2.41. The molecule has 0 aromatic rings. The van der Waals surface area contributed by atoms with E-state index in [1.807, 2.05) is 6.92 Å². The Bertz CT molecular complexity index is 212. The number of rotatable bonds is 5. The maximum absolute atomic E-state index is 11.4. The Morgan fingerprint density at radius 3 is 2.56 bits per heavy atom. The minimum absolute atomic E-state index is 0.0716. The van der Waals surface area contributed by atoms with Crippen molar-refractivity contribution in [2.45, 2.75) is 64.5 Å². The van der Waals surface area contributed by atoms with Crippen LogP contribution in [0.5, 0.6) is 0 Å². The second-order valence-corrected chi connectivity index (χ2v) is 4.82. The molecule has 94 valence electrons. The summed E-state index contributed by atoms with van der Waals surface area (Å²) in [6, 6.07) is 0.959. The third-order valence-corrected chi connectivity index (χ3v) is 3.61. The zero-order valence-electron chi connectivity index (χ0n) is 10.9. The van der Waals surface area contributed by atoms with E-state index < -0.39 is 0 Å². The van der Waals surface area contributed by atoms with Crippen LogP contribution in [0.1, 0.15) is 52.4 Å². The molecule has 1 saturated carbocycles. The van der Waals surface area contributed by atoms with E-state index >= 15 is 0 Å². The summed E-state index contributed by atoms with van der Waals surface area (Å²) in [5, 5.41) is 0. The lowest BCUT2D eigenvalue weighted by atomic mass is 9.93. The first-order chi connectivity index (χ1) is 7.65. The summed E-state index contributed by atoms with van der Waals surface area (Å²) in [6.45, 7) is 4.46. The Kier molecular flexibility index (Phi) is 5.81. The molecule has 0 amide bonds. The standard InChI is InChI=1S/C13H25NO2/c1-4-16-13(15)10-11(2)14(3)12-8-6-5-7-9-12/h11-12H,4-10H2,1-3H3. The van der Waals surface area contributed by atoms with Crippen molar-refractivity contribution in [3.8, 4) is 0 Å². The van der Waals surface area contributed by atoms with Crippen LogP contribution in [0.3, 0.4) is 0 Å². The van der Waals surface area contributed by atoms with Crippen LogP contribution >= 0.6 is 0 Å². The van der Waals surface area contributed by atoms with Gasteiger partial charge in [-0.2, -0.15) is 0 Å². The number of carbonyl (C=O) groups excluding carboxylic acids is 1. The normalized spacial score (nSPS) is 19.8. The average Bonchev–Trinajstić information content (AvgIpc) is 2.29. The molecule has 1 aliphatic rings. The largest absolute Gasteiger partial charge is 0.466 e. The minimum Gasteiger partial charge on any atom is -0.466 e. The average molecular weight is 227 g/mol. The number of nitrogens with zero attached hydrogens (tertiary/aromatic N) is 1. The van der Waals surface area contributed by atoms with Crippen LogP contribution in [0, 0.1) is 0 Å². The molecule has 0 aromatic heterocycles. The molecule has 0 aromatic carbocycles. The van der Waals surface area contributed by atoms with Crippen molar-refractivity contribution in [3.05, 3.63) is 0 Å². The summed E-state index contributed by atoms with van der Waals surface area (Å²) in [5.74, 6) is -0.0716. The van der Waals surface area contributed by atoms with Crippen LogP contribution in [0.15, 0.2) is 0 Å². The first-order valence-corrected chi connectivity index (χ1v) is 6.52. The van der Waals surface area contributed by atoms with Crippen molar-refractivity contribution in [1.82, 2.24) is 4.90 Å². The molecule has 1 atom stereocenters. The van der Waals surface area contributed by atoms with Crippen molar-refractivity contribution < 1.29 is 9.53 Å². The highest BCUT2D eigenvalue weighted by molar-refractivity contribution is 5.70. The highest BCUT2D eigenvalue weighted by atomic mass is 16.5. The van der Waals surface area contributed by atoms with Gasteiger partial charge in [-0.15, -0.1) is 0 Å². The van der Waals surface area contributed by atoms with Crippen molar-refractivity contribution in [3.63, 3.8) is 0 Å². The SMILES string of the molecule is CCOC(=O)CC(C)N(C)C1CCCCC1. The molecule has 0 bridgehead atoms. The van der Waals surface area contributed by atoms with Crippen molar-refractivity contribution in [2.75, 3.05) is 13.7 Å². The van der Waals surface area contributed by atoms with E-state index in [9.17, 15) is 4.79 Å². The van der Waals surface area contributed by atoms with Gasteiger partial charge in [0.15, 0.2) is 0 Å². The summed E-state index contributed by atoms with van der Waals surface area (Å²) in [5.41, 5.74) is 0. The molecule has 1 fully saturated rings. The molecule has 16 heavy (non-hydrogen) atoms. The van der Waals surface area contributed by atoms with Gasteiger partial charge in [0.2, 0.25) is 0 Å². The Hall–Kier alpha value is -0.570. The highest BCUT2D eigenvalue weighted by Gasteiger charge is 2.23. The molecule has 1 unspecified atom stereocenters. The van der Waals surface area contributed by atoms with E-state index in [0.29, 0.717) is 25.1 Å². The van der Waals surface area contributed by atoms with E-state index in [1.165, 1.54) is 32.1 Å². The molecule has 0 N–H and O–H groups in total. The Balaban J connectivity index is 2.33. The summed E-state index contributed by atoms with van der Waals surface area (Å²) in [7, 11) is 2.14. The number of carbonyl (C=O) groups is 1. The highest BCUT2D eigenvalue weighted by Crippen LogP contribution is 2.23. The van der Waals surface area contributed by atoms with Gasteiger partial charge >= 0.3 is 5.97 Å². The fraction of sp³-hybridized carbons (Fsp3) is 0.923. The molecule has 0 radical (unpaired) electrons. The predicted molar refractivity (Wildman–Crippen MR) is 65.3 cm³/mol. The van der Waals surface area contributed by atoms with Crippen molar-refractivity contribution >= 4 is 5.97 Å². The van der Waals surface area contributed by atoms with Crippen molar-refractivity contribution in [2.24, 2.45) is 0 Å². The van der Waals surface area contributed by atoms with Crippen LogP contribution in [0.25, 0.3) is 0 Å². The third kappa shape index (κ3) is 4.12. The summed E-state index contributed by atoms with van der Waals surface area (Å²) >= 11 is 0. The van der Waals surface area contributed by atoms with Crippen LogP contribution in [-0.2, 0) is 9.53 Å². The van der Waals surface area contributed by atoms with E-state index in [0.717, 1.165) is 0 Å². The molecule has 0 saturated heterocycles. The number of esters is 1. The second kappa shape index (κ2) is 6.89. The van der Waals surface area contributed by atoms with Gasteiger partial charge in [0, 0.05) is 12.1 Å². The van der Waals surface area contributed by atoms with Gasteiger partial charge in [-0.25, -0.2) is 0 Å². The predicted octanol–water partition coefficient (Wildman–Crippen LogP) is 2.59. The lowest BCUT2D eigenvalue weighted by molar-refractivity contribution is -0.144. The van der Waals surface area contributed by atoms with Crippen LogP contribution in [0.2, 0.25) is 0 Å². The molecule has 0 aliphatic heterocycles. The van der Waals surface area contributed by atoms with Gasteiger partial charge < -0.3 is 9.64 Å². The topological polar surface area (TPSA) is 29.5 Å². The van der Waals surface area contributed by atoms with Crippen molar-refractivity contribution in [1.29, 1.82) is 0 Å². The second-order valence-electron chi connectivity index (χ2n) is 4.82. The minimum atomic E-state index is -0.0716. The fourth-order valence-electron chi connectivity index (χ4n) is 2.45. The van der Waals surface area contributed by atoms with E-state index in [-0.39, 0.29) is 5.97 Å². The van der Waals surface area contributed by atoms with Gasteiger partial charge in [-0.1, -0.05) is 19.3 Å². The number of hydrogen-bond donors (Lipinski definition) is 0. The fourth-order valence-corrected chi connectivity index (χ4v) is 2.45.